The quantitative estimate of drug-likeness (QED) is 0.552. The number of carbonyl (C=O) groups excluding carboxylic acids is 2. The molecule has 0 aromatic heterocycles. The van der Waals surface area contributed by atoms with Gasteiger partial charge in [0, 0.05) is 16.6 Å². The zero-order chi connectivity index (χ0) is 17.2. The fourth-order valence-electron chi connectivity index (χ4n) is 1.62. The summed E-state index contributed by atoms with van der Waals surface area (Å²) in [7, 11) is 0. The predicted molar refractivity (Wildman–Crippen MR) is 83.8 cm³/mol. The maximum atomic E-state index is 11.8. The Morgan fingerprint density at radius 3 is 1.14 bits per heavy atom. The van der Waals surface area contributed by atoms with Crippen LogP contribution in [-0.4, -0.2) is 23.1 Å². The Morgan fingerprint density at radius 1 is 0.714 bits per heavy atom. The normalized spacial score (nSPS) is 12.6. The van der Waals surface area contributed by atoms with Crippen molar-refractivity contribution >= 4 is 11.9 Å². The lowest BCUT2D eigenvalue weighted by atomic mass is 9.66. The summed E-state index contributed by atoms with van der Waals surface area (Å²) in [5.41, 5.74) is -1.70. The Bertz CT molecular complexity index is 425. The first kappa shape index (κ1) is 19.4. The molecule has 0 aliphatic rings. The lowest BCUT2D eigenvalue weighted by Gasteiger charge is -2.49. The van der Waals surface area contributed by atoms with Crippen molar-refractivity contribution in [3.63, 3.8) is 0 Å². The number of esters is 2. The molecule has 4 nitrogen and oxygen atoms in total. The van der Waals surface area contributed by atoms with E-state index >= 15 is 0 Å². The Kier molecular flexibility index (Phi) is 5.59. The molecule has 0 N–H and O–H groups in total. The summed E-state index contributed by atoms with van der Waals surface area (Å²) in [5, 5.41) is 0. The Hall–Kier alpha value is -1.58. The molecule has 0 unspecified atom stereocenters. The van der Waals surface area contributed by atoms with Crippen LogP contribution in [0.4, 0.5) is 0 Å². The number of ether oxygens (including phenoxy) is 2. The maximum Gasteiger partial charge on any atom is 0.333 e. The fraction of sp³-hybridized carbons (Fsp3) is 0.647. The number of hydrogen-bond acceptors (Lipinski definition) is 4. The van der Waals surface area contributed by atoms with Gasteiger partial charge in [-0.05, 0) is 41.5 Å². The smallest absolute Gasteiger partial charge is 0.333 e. The van der Waals surface area contributed by atoms with Crippen molar-refractivity contribution in [3.8, 4) is 0 Å². The summed E-state index contributed by atoms with van der Waals surface area (Å²) >= 11 is 0. The molecule has 4 heteroatoms. The molecule has 0 atom stereocenters. The van der Waals surface area contributed by atoms with Crippen molar-refractivity contribution in [2.75, 3.05) is 0 Å². The molecular weight excluding hydrogens is 268 g/mol. The lowest BCUT2D eigenvalue weighted by molar-refractivity contribution is -0.201. The second kappa shape index (κ2) is 6.04. The van der Waals surface area contributed by atoms with E-state index in [2.05, 4.69) is 13.2 Å². The van der Waals surface area contributed by atoms with Gasteiger partial charge < -0.3 is 9.47 Å². The molecule has 0 bridgehead atoms. The van der Waals surface area contributed by atoms with Crippen LogP contribution < -0.4 is 0 Å². The first-order valence-electron chi connectivity index (χ1n) is 6.93. The van der Waals surface area contributed by atoms with Crippen LogP contribution in [0.2, 0.25) is 0 Å². The van der Waals surface area contributed by atoms with E-state index in [0.29, 0.717) is 11.1 Å². The molecule has 0 aromatic carbocycles. The molecular formula is C17H28O4. The molecule has 0 aromatic rings. The summed E-state index contributed by atoms with van der Waals surface area (Å²) < 4.78 is 11.1. The number of carbonyl (C=O) groups is 2. The van der Waals surface area contributed by atoms with Crippen molar-refractivity contribution in [2.45, 2.75) is 66.6 Å². The van der Waals surface area contributed by atoms with E-state index in [1.807, 2.05) is 13.8 Å². The van der Waals surface area contributed by atoms with Gasteiger partial charge in [0.1, 0.15) is 11.2 Å². The summed E-state index contributed by atoms with van der Waals surface area (Å²) in [6, 6.07) is 0. The van der Waals surface area contributed by atoms with Gasteiger partial charge in [0.15, 0.2) is 0 Å². The third kappa shape index (κ3) is 4.19. The molecule has 0 radical (unpaired) electrons. The van der Waals surface area contributed by atoms with Crippen molar-refractivity contribution in [2.24, 2.45) is 5.41 Å². The van der Waals surface area contributed by atoms with Crippen LogP contribution in [0.15, 0.2) is 24.3 Å². The minimum absolute atomic E-state index is 0.329. The monoisotopic (exact) mass is 296 g/mol. The average Bonchev–Trinajstić information content (AvgIpc) is 2.26. The highest BCUT2D eigenvalue weighted by molar-refractivity contribution is 5.88. The third-order valence-corrected chi connectivity index (χ3v) is 4.40. The van der Waals surface area contributed by atoms with Gasteiger partial charge in [-0.2, -0.15) is 0 Å². The molecule has 0 heterocycles. The van der Waals surface area contributed by atoms with E-state index < -0.39 is 28.6 Å². The highest BCUT2D eigenvalue weighted by Gasteiger charge is 2.53. The van der Waals surface area contributed by atoms with Crippen LogP contribution in [-0.2, 0) is 19.1 Å². The summed E-state index contributed by atoms with van der Waals surface area (Å²) in [5.74, 6) is -0.926. The molecule has 0 aliphatic carbocycles. The SMILES string of the molecule is C=C(C)C(=O)OC(C)(C)C(C)(C)C(C)(C)OC(=O)C(=C)C. The van der Waals surface area contributed by atoms with Gasteiger partial charge in [0.05, 0.1) is 0 Å². The summed E-state index contributed by atoms with van der Waals surface area (Å²) in [6.45, 7) is 21.3. The molecule has 21 heavy (non-hydrogen) atoms. The first-order chi connectivity index (χ1) is 9.15. The Morgan fingerprint density at radius 2 is 0.952 bits per heavy atom. The van der Waals surface area contributed by atoms with Gasteiger partial charge >= 0.3 is 11.9 Å². The minimum atomic E-state index is -0.859. The van der Waals surface area contributed by atoms with E-state index in [9.17, 15) is 9.59 Å². The van der Waals surface area contributed by atoms with Crippen LogP contribution in [0.5, 0.6) is 0 Å². The van der Waals surface area contributed by atoms with E-state index in [4.69, 9.17) is 9.47 Å². The van der Waals surface area contributed by atoms with Crippen molar-refractivity contribution in [3.05, 3.63) is 24.3 Å². The molecule has 0 fully saturated rings. The van der Waals surface area contributed by atoms with Gasteiger partial charge in [0.2, 0.25) is 0 Å². The zero-order valence-electron chi connectivity index (χ0n) is 14.5. The predicted octanol–water partition coefficient (Wildman–Crippen LogP) is 3.81. The van der Waals surface area contributed by atoms with E-state index in [1.54, 1.807) is 41.5 Å². The van der Waals surface area contributed by atoms with Gasteiger partial charge in [-0.3, -0.25) is 0 Å². The first-order valence-corrected chi connectivity index (χ1v) is 6.93. The molecule has 0 aliphatic heterocycles. The molecule has 0 rings (SSSR count). The van der Waals surface area contributed by atoms with Crippen LogP contribution in [0.25, 0.3) is 0 Å². The lowest BCUT2D eigenvalue weighted by Crippen LogP contribution is -2.57. The number of hydrogen-bond donors (Lipinski definition) is 0. The Labute approximate surface area is 128 Å². The second-order valence-electron chi connectivity index (χ2n) is 6.99. The van der Waals surface area contributed by atoms with Crippen molar-refractivity contribution < 1.29 is 19.1 Å². The van der Waals surface area contributed by atoms with E-state index in [-0.39, 0.29) is 0 Å². The van der Waals surface area contributed by atoms with Crippen molar-refractivity contribution in [1.29, 1.82) is 0 Å². The summed E-state index contributed by atoms with van der Waals surface area (Å²) in [4.78, 5) is 23.6. The van der Waals surface area contributed by atoms with E-state index in [0.717, 1.165) is 0 Å². The van der Waals surface area contributed by atoms with Crippen LogP contribution >= 0.6 is 0 Å². The Balaban J connectivity index is 5.41. The topological polar surface area (TPSA) is 52.6 Å². The highest BCUT2D eigenvalue weighted by atomic mass is 16.6. The molecule has 0 saturated heterocycles. The standard InChI is InChI=1S/C17H28O4/c1-11(2)13(18)20-16(7,8)15(5,6)17(9,10)21-14(19)12(3)4/h1,3H2,2,4-10H3. The van der Waals surface area contributed by atoms with E-state index in [1.165, 1.54) is 0 Å². The zero-order valence-corrected chi connectivity index (χ0v) is 14.5. The molecule has 0 saturated carbocycles. The third-order valence-electron chi connectivity index (χ3n) is 4.40. The van der Waals surface area contributed by atoms with Crippen LogP contribution in [0.1, 0.15) is 55.4 Å². The fourth-order valence-corrected chi connectivity index (χ4v) is 1.62. The largest absolute Gasteiger partial charge is 0.456 e. The van der Waals surface area contributed by atoms with Gasteiger partial charge in [-0.15, -0.1) is 0 Å². The van der Waals surface area contributed by atoms with Gasteiger partial charge in [0.25, 0.3) is 0 Å². The van der Waals surface area contributed by atoms with Crippen LogP contribution in [0, 0.1) is 5.41 Å². The molecule has 120 valence electrons. The second-order valence-corrected chi connectivity index (χ2v) is 6.99. The van der Waals surface area contributed by atoms with Crippen LogP contribution in [0.3, 0.4) is 0 Å². The van der Waals surface area contributed by atoms with Crippen molar-refractivity contribution in [1.82, 2.24) is 0 Å². The highest BCUT2D eigenvalue weighted by Crippen LogP contribution is 2.45. The van der Waals surface area contributed by atoms with Gasteiger partial charge in [-0.25, -0.2) is 9.59 Å². The minimum Gasteiger partial charge on any atom is -0.456 e. The average molecular weight is 296 g/mol. The molecule has 0 amide bonds. The molecule has 0 spiro atoms. The number of rotatable bonds is 6. The summed E-state index contributed by atoms with van der Waals surface area (Å²) in [6.07, 6.45) is 0. The van der Waals surface area contributed by atoms with Gasteiger partial charge in [-0.1, -0.05) is 27.0 Å². The maximum absolute atomic E-state index is 11.8.